The number of hydrogen-bond donors (Lipinski definition) is 2. The van der Waals surface area contributed by atoms with E-state index in [4.69, 9.17) is 9.47 Å². The van der Waals surface area contributed by atoms with Gasteiger partial charge in [0.05, 0.1) is 18.5 Å². The number of benzene rings is 2. The molecule has 2 atom stereocenters. The third-order valence-corrected chi connectivity index (χ3v) is 6.08. The van der Waals surface area contributed by atoms with Crippen LogP contribution in [0.1, 0.15) is 12.0 Å². The number of thioether (sulfide) groups is 1. The van der Waals surface area contributed by atoms with Crippen LogP contribution < -0.4 is 20.1 Å². The van der Waals surface area contributed by atoms with Crippen LogP contribution in [-0.2, 0) is 16.0 Å². The lowest BCUT2D eigenvalue weighted by Gasteiger charge is -2.28. The molecule has 8 heteroatoms. The van der Waals surface area contributed by atoms with Gasteiger partial charge in [0.1, 0.15) is 11.9 Å². The van der Waals surface area contributed by atoms with Crippen molar-refractivity contribution in [3.05, 3.63) is 53.8 Å². The van der Waals surface area contributed by atoms with Gasteiger partial charge in [-0.1, -0.05) is 18.2 Å². The monoisotopic (exact) mass is 416 g/mol. The minimum atomic E-state index is -0.652. The molecular formula is C21H21FN2O4S. The molecule has 2 aromatic carbocycles. The lowest BCUT2D eigenvalue weighted by atomic mass is 10.1. The Labute approximate surface area is 172 Å². The maximum atomic E-state index is 13.8. The molecule has 0 radical (unpaired) electrons. The highest BCUT2D eigenvalue weighted by Crippen LogP contribution is 2.32. The predicted molar refractivity (Wildman–Crippen MR) is 109 cm³/mol. The standard InChI is InChI=1S/C21H21FN2O4S/c22-15-5-2-1-4-13(15)10-19-21(26)24-16(12-29-19)20(25)23-14-6-7-17-18(11-14)28-9-3-8-27-17/h1-2,4-7,11,16,19H,3,8-10,12H2,(H,23,25)(H,24,26)/t16-,19-/m0/s1. The topological polar surface area (TPSA) is 76.7 Å². The smallest absolute Gasteiger partial charge is 0.247 e. The summed E-state index contributed by atoms with van der Waals surface area (Å²) >= 11 is 1.36. The summed E-state index contributed by atoms with van der Waals surface area (Å²) in [6.07, 6.45) is 1.09. The Morgan fingerprint density at radius 2 is 1.97 bits per heavy atom. The first-order valence-electron chi connectivity index (χ1n) is 9.46. The number of carbonyl (C=O) groups is 2. The van der Waals surface area contributed by atoms with Crippen molar-refractivity contribution in [1.29, 1.82) is 0 Å². The second kappa shape index (κ2) is 8.73. The molecule has 0 aliphatic carbocycles. The summed E-state index contributed by atoms with van der Waals surface area (Å²) < 4.78 is 25.1. The summed E-state index contributed by atoms with van der Waals surface area (Å²) in [5, 5.41) is 5.14. The van der Waals surface area contributed by atoms with Crippen LogP contribution in [0.25, 0.3) is 0 Å². The van der Waals surface area contributed by atoms with Gasteiger partial charge in [-0.05, 0) is 30.2 Å². The van der Waals surface area contributed by atoms with Crippen molar-refractivity contribution in [2.75, 3.05) is 24.3 Å². The second-order valence-electron chi connectivity index (χ2n) is 6.88. The van der Waals surface area contributed by atoms with E-state index in [1.807, 2.05) is 0 Å². The quantitative estimate of drug-likeness (QED) is 0.802. The van der Waals surface area contributed by atoms with Gasteiger partial charge >= 0.3 is 0 Å². The van der Waals surface area contributed by atoms with Gasteiger partial charge in [0.2, 0.25) is 11.8 Å². The molecule has 2 amide bonds. The van der Waals surface area contributed by atoms with E-state index in [-0.39, 0.29) is 17.6 Å². The zero-order valence-electron chi connectivity index (χ0n) is 15.7. The Kier molecular flexibility index (Phi) is 5.89. The Bertz CT molecular complexity index is 923. The van der Waals surface area contributed by atoms with Crippen molar-refractivity contribution in [2.24, 2.45) is 0 Å². The average Bonchev–Trinajstić information content (AvgIpc) is 2.96. The lowest BCUT2D eigenvalue weighted by Crippen LogP contribution is -2.52. The van der Waals surface area contributed by atoms with Gasteiger partial charge in [-0.2, -0.15) is 0 Å². The van der Waals surface area contributed by atoms with Crippen molar-refractivity contribution in [3.63, 3.8) is 0 Å². The summed E-state index contributed by atoms with van der Waals surface area (Å²) in [5.41, 5.74) is 1.07. The summed E-state index contributed by atoms with van der Waals surface area (Å²) in [5.74, 6) is 0.773. The number of carbonyl (C=O) groups excluding carboxylic acids is 2. The average molecular weight is 416 g/mol. The highest BCUT2D eigenvalue weighted by molar-refractivity contribution is 8.00. The third kappa shape index (κ3) is 4.64. The van der Waals surface area contributed by atoms with Gasteiger partial charge in [-0.15, -0.1) is 11.8 Å². The van der Waals surface area contributed by atoms with Crippen molar-refractivity contribution in [3.8, 4) is 11.5 Å². The summed E-state index contributed by atoms with van der Waals surface area (Å²) in [4.78, 5) is 25.0. The van der Waals surface area contributed by atoms with E-state index >= 15 is 0 Å². The first-order valence-corrected chi connectivity index (χ1v) is 10.5. The number of anilines is 1. The van der Waals surface area contributed by atoms with E-state index in [2.05, 4.69) is 10.6 Å². The molecule has 4 rings (SSSR count). The molecule has 0 bridgehead atoms. The molecule has 0 spiro atoms. The molecule has 2 aliphatic heterocycles. The van der Waals surface area contributed by atoms with Crippen LogP contribution in [0.2, 0.25) is 0 Å². The van der Waals surface area contributed by atoms with Gasteiger partial charge in [-0.3, -0.25) is 9.59 Å². The number of halogens is 1. The number of amides is 2. The number of nitrogens with one attached hydrogen (secondary N) is 2. The van der Waals surface area contributed by atoms with Crippen molar-refractivity contribution in [1.82, 2.24) is 5.32 Å². The van der Waals surface area contributed by atoms with Gasteiger partial charge in [0, 0.05) is 23.9 Å². The molecular weight excluding hydrogens is 395 g/mol. The molecule has 1 saturated heterocycles. The summed E-state index contributed by atoms with van der Waals surface area (Å²) in [6, 6.07) is 11.0. The Morgan fingerprint density at radius 1 is 1.17 bits per heavy atom. The van der Waals surface area contributed by atoms with E-state index in [9.17, 15) is 14.0 Å². The number of rotatable bonds is 4. The van der Waals surface area contributed by atoms with Gasteiger partial charge in [0.15, 0.2) is 11.5 Å². The fraction of sp³-hybridized carbons (Fsp3) is 0.333. The fourth-order valence-electron chi connectivity index (χ4n) is 3.22. The van der Waals surface area contributed by atoms with Gasteiger partial charge in [0.25, 0.3) is 0 Å². The maximum absolute atomic E-state index is 13.8. The van der Waals surface area contributed by atoms with E-state index in [0.29, 0.717) is 48.1 Å². The Balaban J connectivity index is 1.35. The normalized spacial score (nSPS) is 21.1. The van der Waals surface area contributed by atoms with Crippen LogP contribution in [0.4, 0.5) is 10.1 Å². The molecule has 2 N–H and O–H groups in total. The first kappa shape index (κ1) is 19.6. The van der Waals surface area contributed by atoms with Gasteiger partial charge < -0.3 is 20.1 Å². The van der Waals surface area contributed by atoms with Crippen LogP contribution in [0, 0.1) is 5.82 Å². The largest absolute Gasteiger partial charge is 0.490 e. The van der Waals surface area contributed by atoms with Crippen molar-refractivity contribution >= 4 is 29.3 Å². The molecule has 1 fully saturated rings. The van der Waals surface area contributed by atoms with E-state index in [0.717, 1.165) is 6.42 Å². The molecule has 2 aromatic rings. The number of ether oxygens (including phenoxy) is 2. The Hall–Kier alpha value is -2.74. The Morgan fingerprint density at radius 3 is 2.76 bits per heavy atom. The van der Waals surface area contributed by atoms with Crippen LogP contribution in [0.5, 0.6) is 11.5 Å². The van der Waals surface area contributed by atoms with Crippen molar-refractivity contribution in [2.45, 2.75) is 24.1 Å². The van der Waals surface area contributed by atoms with Crippen LogP contribution >= 0.6 is 11.8 Å². The zero-order chi connectivity index (χ0) is 20.2. The van der Waals surface area contributed by atoms with Crippen LogP contribution in [0.3, 0.4) is 0 Å². The summed E-state index contributed by atoms with van der Waals surface area (Å²) in [6.45, 7) is 1.15. The molecule has 0 aromatic heterocycles. The van der Waals surface area contributed by atoms with Crippen molar-refractivity contribution < 1.29 is 23.5 Å². The summed E-state index contributed by atoms with van der Waals surface area (Å²) in [7, 11) is 0. The number of hydrogen-bond acceptors (Lipinski definition) is 5. The molecule has 152 valence electrons. The highest BCUT2D eigenvalue weighted by Gasteiger charge is 2.33. The third-order valence-electron chi connectivity index (χ3n) is 4.77. The number of fused-ring (bicyclic) bond motifs is 1. The minimum Gasteiger partial charge on any atom is -0.490 e. The molecule has 6 nitrogen and oxygen atoms in total. The first-order chi connectivity index (χ1) is 14.1. The SMILES string of the molecule is O=C(Nc1ccc2c(c1)OCCCO2)[C@@H]1CS[C@@H](Cc2ccccc2F)C(=O)N1. The van der Waals surface area contributed by atoms with E-state index < -0.39 is 11.3 Å². The molecule has 0 unspecified atom stereocenters. The fourth-order valence-corrected chi connectivity index (χ4v) is 4.40. The van der Waals surface area contributed by atoms with E-state index in [1.165, 1.54) is 17.8 Å². The highest BCUT2D eigenvalue weighted by atomic mass is 32.2. The van der Waals surface area contributed by atoms with Crippen LogP contribution in [-0.4, -0.2) is 42.1 Å². The zero-order valence-corrected chi connectivity index (χ0v) is 16.5. The minimum absolute atomic E-state index is 0.261. The van der Waals surface area contributed by atoms with Gasteiger partial charge in [-0.25, -0.2) is 4.39 Å². The molecule has 29 heavy (non-hydrogen) atoms. The maximum Gasteiger partial charge on any atom is 0.247 e. The molecule has 2 aliphatic rings. The predicted octanol–water partition coefficient (Wildman–Crippen LogP) is 2.77. The van der Waals surface area contributed by atoms with Crippen LogP contribution in [0.15, 0.2) is 42.5 Å². The van der Waals surface area contributed by atoms with E-state index in [1.54, 1.807) is 36.4 Å². The lowest BCUT2D eigenvalue weighted by molar-refractivity contribution is -0.126. The molecule has 0 saturated carbocycles. The molecule has 2 heterocycles. The second-order valence-corrected chi connectivity index (χ2v) is 8.12.